The van der Waals surface area contributed by atoms with Crippen molar-refractivity contribution < 1.29 is 22.8 Å². The molecule has 1 aliphatic rings. The van der Waals surface area contributed by atoms with Crippen molar-refractivity contribution >= 4 is 24.0 Å². The molecule has 1 saturated heterocycles. The third-order valence-corrected chi connectivity index (χ3v) is 4.74. The molecule has 1 heterocycles. The zero-order chi connectivity index (χ0) is 20.7. The molecule has 0 aromatic heterocycles. The number of alkyl halides is 3. The summed E-state index contributed by atoms with van der Waals surface area (Å²) in [6, 6.07) is 5.11. The smallest absolute Gasteiger partial charge is 0.391 e. The van der Waals surface area contributed by atoms with Gasteiger partial charge in [0.25, 0.3) is 0 Å². The number of rotatable bonds is 7. The lowest BCUT2D eigenvalue weighted by atomic mass is 10.0. The van der Waals surface area contributed by atoms with E-state index < -0.39 is 11.7 Å². The second-order valence-corrected chi connectivity index (χ2v) is 7.38. The van der Waals surface area contributed by atoms with E-state index in [9.17, 15) is 18.0 Å². The molecule has 1 atom stereocenters. The molecule has 0 aliphatic carbocycles. The fourth-order valence-electron chi connectivity index (χ4n) is 3.23. The average Bonchev–Trinajstić information content (AvgIpc) is 2.65. The standard InChI is InChI=1S/C20H28F3N3O2.ClH/c1-14(2)12-18(24-3)19(27)26-10-8-16(9-11-26)25-28-13-15-6-4-5-7-17(15)20(21,22)23;/h4-7,14,18,24H,8-13H2,1-3H3;1H/t18-;/m0./s1. The molecule has 0 saturated carbocycles. The molecular formula is C20H29ClF3N3O2. The summed E-state index contributed by atoms with van der Waals surface area (Å²) in [6.45, 7) is 4.99. The number of carbonyl (C=O) groups is 1. The van der Waals surface area contributed by atoms with Gasteiger partial charge in [-0.1, -0.05) is 37.2 Å². The molecular weight excluding hydrogens is 407 g/mol. The van der Waals surface area contributed by atoms with Crippen LogP contribution < -0.4 is 5.32 Å². The van der Waals surface area contributed by atoms with Crippen LogP contribution in [0.2, 0.25) is 0 Å². The first-order valence-corrected chi connectivity index (χ1v) is 9.51. The van der Waals surface area contributed by atoms with E-state index in [4.69, 9.17) is 4.84 Å². The van der Waals surface area contributed by atoms with Gasteiger partial charge in [0.05, 0.1) is 17.3 Å². The van der Waals surface area contributed by atoms with Crippen LogP contribution in [0.3, 0.4) is 0 Å². The maximum absolute atomic E-state index is 13.0. The summed E-state index contributed by atoms with van der Waals surface area (Å²) in [5, 5.41) is 7.08. The zero-order valence-corrected chi connectivity index (χ0v) is 17.8. The van der Waals surface area contributed by atoms with Crippen molar-refractivity contribution in [1.29, 1.82) is 0 Å². The number of hydrogen-bond donors (Lipinski definition) is 1. The van der Waals surface area contributed by atoms with Gasteiger partial charge in [-0.15, -0.1) is 12.4 Å². The van der Waals surface area contributed by atoms with E-state index >= 15 is 0 Å². The summed E-state index contributed by atoms with van der Waals surface area (Å²) in [4.78, 5) is 19.6. The first-order valence-electron chi connectivity index (χ1n) is 9.51. The first kappa shape index (κ1) is 25.2. The maximum atomic E-state index is 13.0. The van der Waals surface area contributed by atoms with Crippen LogP contribution in [-0.2, 0) is 22.4 Å². The number of carbonyl (C=O) groups excluding carboxylic acids is 1. The average molecular weight is 436 g/mol. The molecule has 1 aromatic carbocycles. The molecule has 0 radical (unpaired) electrons. The predicted molar refractivity (Wildman–Crippen MR) is 109 cm³/mol. The normalized spacial score (nSPS) is 15.7. The van der Waals surface area contributed by atoms with Gasteiger partial charge < -0.3 is 15.1 Å². The minimum Gasteiger partial charge on any atom is -0.391 e. The van der Waals surface area contributed by atoms with Crippen molar-refractivity contribution in [2.45, 2.75) is 51.9 Å². The highest BCUT2D eigenvalue weighted by Crippen LogP contribution is 2.32. The second kappa shape index (κ2) is 11.4. The number of likely N-dealkylation sites (N-methyl/N-ethyl adjacent to an activating group) is 1. The Morgan fingerprint density at radius 1 is 1.24 bits per heavy atom. The Balaban J connectivity index is 0.00000420. The van der Waals surface area contributed by atoms with Gasteiger partial charge in [0.15, 0.2) is 0 Å². The van der Waals surface area contributed by atoms with Crippen molar-refractivity contribution in [3.63, 3.8) is 0 Å². The Morgan fingerprint density at radius 3 is 2.41 bits per heavy atom. The van der Waals surface area contributed by atoms with Crippen LogP contribution in [0, 0.1) is 5.92 Å². The van der Waals surface area contributed by atoms with Crippen LogP contribution in [0.25, 0.3) is 0 Å². The van der Waals surface area contributed by atoms with Gasteiger partial charge in [0.2, 0.25) is 5.91 Å². The summed E-state index contributed by atoms with van der Waals surface area (Å²) < 4.78 is 39.0. The number of piperidine rings is 1. The van der Waals surface area contributed by atoms with Crippen LogP contribution in [0.15, 0.2) is 29.4 Å². The van der Waals surface area contributed by atoms with Crippen LogP contribution in [0.4, 0.5) is 13.2 Å². The molecule has 1 aromatic rings. The number of benzene rings is 1. The van der Waals surface area contributed by atoms with Gasteiger partial charge >= 0.3 is 6.18 Å². The van der Waals surface area contributed by atoms with Crippen LogP contribution in [-0.4, -0.2) is 42.7 Å². The fraction of sp³-hybridized carbons (Fsp3) is 0.600. The van der Waals surface area contributed by atoms with Crippen molar-refractivity contribution in [3.05, 3.63) is 35.4 Å². The van der Waals surface area contributed by atoms with Crippen molar-refractivity contribution in [2.24, 2.45) is 11.1 Å². The minimum absolute atomic E-state index is 0. The fourth-order valence-corrected chi connectivity index (χ4v) is 3.23. The van der Waals surface area contributed by atoms with Gasteiger partial charge in [-0.3, -0.25) is 4.79 Å². The van der Waals surface area contributed by atoms with Gasteiger partial charge in [-0.25, -0.2) is 0 Å². The number of likely N-dealkylation sites (tertiary alicyclic amines) is 1. The van der Waals surface area contributed by atoms with E-state index in [0.29, 0.717) is 31.8 Å². The second-order valence-electron chi connectivity index (χ2n) is 7.38. The van der Waals surface area contributed by atoms with E-state index in [2.05, 4.69) is 24.3 Å². The Morgan fingerprint density at radius 2 is 1.86 bits per heavy atom. The molecule has 0 unspecified atom stereocenters. The highest BCUT2D eigenvalue weighted by Gasteiger charge is 2.33. The monoisotopic (exact) mass is 435 g/mol. The predicted octanol–water partition coefficient (Wildman–Crippen LogP) is 4.26. The number of hydrogen-bond acceptors (Lipinski definition) is 4. The Kier molecular flexibility index (Phi) is 9.92. The third kappa shape index (κ3) is 7.51. The summed E-state index contributed by atoms with van der Waals surface area (Å²) >= 11 is 0. The van der Waals surface area contributed by atoms with E-state index in [1.54, 1.807) is 13.1 Å². The summed E-state index contributed by atoms with van der Waals surface area (Å²) in [5.74, 6) is 0.492. The number of halogens is 4. The van der Waals surface area contributed by atoms with E-state index in [1.165, 1.54) is 12.1 Å². The third-order valence-electron chi connectivity index (χ3n) is 4.74. The van der Waals surface area contributed by atoms with E-state index in [-0.39, 0.29) is 36.5 Å². The van der Waals surface area contributed by atoms with Crippen LogP contribution >= 0.6 is 12.4 Å². The zero-order valence-electron chi connectivity index (χ0n) is 17.0. The van der Waals surface area contributed by atoms with Gasteiger partial charge in [0, 0.05) is 31.5 Å². The minimum atomic E-state index is -4.42. The molecule has 1 fully saturated rings. The SMILES string of the molecule is CN[C@@H](CC(C)C)C(=O)N1CCC(=NOCc2ccccc2C(F)(F)F)CC1.Cl. The molecule has 9 heteroatoms. The summed E-state index contributed by atoms with van der Waals surface area (Å²) in [7, 11) is 1.79. The highest BCUT2D eigenvalue weighted by atomic mass is 35.5. The molecule has 1 amide bonds. The summed E-state index contributed by atoms with van der Waals surface area (Å²) in [6.07, 6.45) is -2.53. The topological polar surface area (TPSA) is 53.9 Å². The number of nitrogens with zero attached hydrogens (tertiary/aromatic N) is 2. The maximum Gasteiger partial charge on any atom is 0.416 e. The summed E-state index contributed by atoms with van der Waals surface area (Å²) in [5.41, 5.74) is 0.106. The lowest BCUT2D eigenvalue weighted by Crippen LogP contribution is -2.48. The molecule has 5 nitrogen and oxygen atoms in total. The molecule has 164 valence electrons. The quantitative estimate of drug-likeness (QED) is 0.651. The van der Waals surface area contributed by atoms with Gasteiger partial charge in [0.1, 0.15) is 6.61 Å². The molecule has 2 rings (SSSR count). The molecule has 0 spiro atoms. The lowest BCUT2D eigenvalue weighted by molar-refractivity contribution is -0.139. The number of nitrogens with one attached hydrogen (secondary N) is 1. The molecule has 0 bridgehead atoms. The Labute approximate surface area is 176 Å². The van der Waals surface area contributed by atoms with Crippen LogP contribution in [0.5, 0.6) is 0 Å². The number of amides is 1. The van der Waals surface area contributed by atoms with Crippen molar-refractivity contribution in [3.8, 4) is 0 Å². The van der Waals surface area contributed by atoms with E-state index in [1.807, 2.05) is 4.90 Å². The van der Waals surface area contributed by atoms with Gasteiger partial charge in [-0.2, -0.15) is 13.2 Å². The van der Waals surface area contributed by atoms with Crippen LogP contribution in [0.1, 0.15) is 44.2 Å². The lowest BCUT2D eigenvalue weighted by Gasteiger charge is -2.31. The largest absolute Gasteiger partial charge is 0.416 e. The number of oxime groups is 1. The highest BCUT2D eigenvalue weighted by molar-refractivity contribution is 5.88. The Hall–Kier alpha value is -1.80. The molecule has 1 aliphatic heterocycles. The Bertz CT molecular complexity index is 686. The van der Waals surface area contributed by atoms with Crippen molar-refractivity contribution in [2.75, 3.05) is 20.1 Å². The van der Waals surface area contributed by atoms with Gasteiger partial charge in [-0.05, 0) is 25.5 Å². The molecule has 1 N–H and O–H groups in total. The van der Waals surface area contributed by atoms with Crippen molar-refractivity contribution in [1.82, 2.24) is 10.2 Å². The molecule has 29 heavy (non-hydrogen) atoms. The van der Waals surface area contributed by atoms with E-state index in [0.717, 1.165) is 18.2 Å². The first-order chi connectivity index (χ1) is 13.2.